The van der Waals surface area contributed by atoms with Crippen molar-refractivity contribution in [2.24, 2.45) is 0 Å². The lowest BCUT2D eigenvalue weighted by molar-refractivity contribution is 1.56. The molecule has 0 atom stereocenters. The van der Waals surface area contributed by atoms with Crippen LogP contribution in [-0.2, 0) is 0 Å². The molecule has 0 aliphatic heterocycles. The zero-order chi connectivity index (χ0) is 9.40. The fourth-order valence-electron chi connectivity index (χ4n) is 0.348. The second-order valence-corrected chi connectivity index (χ2v) is 5.69. The van der Waals surface area contributed by atoms with E-state index in [-0.39, 0.29) is 0 Å². The first kappa shape index (κ1) is 12.9. The Kier molecular flexibility index (Phi) is 9.10. The lowest BCUT2D eigenvalue weighted by Crippen LogP contribution is -1.83. The molecule has 0 unspecified atom stereocenters. The van der Waals surface area contributed by atoms with Crippen molar-refractivity contribution in [2.75, 3.05) is 11.5 Å². The van der Waals surface area contributed by atoms with Crippen LogP contribution in [0.2, 0.25) is 0 Å². The van der Waals surface area contributed by atoms with Crippen molar-refractivity contribution in [3.63, 3.8) is 0 Å². The van der Waals surface area contributed by atoms with E-state index in [0.717, 1.165) is 18.7 Å². The summed E-state index contributed by atoms with van der Waals surface area (Å²) in [6, 6.07) is 0. The first-order valence-electron chi connectivity index (χ1n) is 2.77. The summed E-state index contributed by atoms with van der Waals surface area (Å²) in [4.78, 5) is 0. The van der Waals surface area contributed by atoms with E-state index in [1.807, 2.05) is 10.8 Å². The highest BCUT2D eigenvalue weighted by Gasteiger charge is 2.00. The minimum Gasteiger partial charge on any atom is -0.185 e. The van der Waals surface area contributed by atoms with E-state index in [9.17, 15) is 0 Å². The number of nitriles is 2. The number of hydrogen-bond acceptors (Lipinski definition) is 4. The second kappa shape index (κ2) is 8.48. The van der Waals surface area contributed by atoms with E-state index in [1.165, 1.54) is 23.5 Å². The average Bonchev–Trinajstić information content (AvgIpc) is 2.10. The third-order valence-corrected chi connectivity index (χ3v) is 6.08. The molecule has 0 aromatic heterocycles. The summed E-state index contributed by atoms with van der Waals surface area (Å²) >= 11 is 6.86. The molecule has 0 fully saturated rings. The Morgan fingerprint density at radius 3 is 1.58 bits per heavy atom. The van der Waals surface area contributed by atoms with E-state index < -0.39 is 0 Å². The van der Waals surface area contributed by atoms with E-state index in [2.05, 4.69) is 45.2 Å². The highest BCUT2D eigenvalue weighted by Crippen LogP contribution is 2.25. The van der Waals surface area contributed by atoms with Crippen LogP contribution < -0.4 is 0 Å². The van der Waals surface area contributed by atoms with Crippen LogP contribution in [-0.4, -0.2) is 11.5 Å². The first-order valence-corrected chi connectivity index (χ1v) is 6.90. The topological polar surface area (TPSA) is 47.6 Å². The molecule has 0 bridgehead atoms. The molecule has 64 valence electrons. The Morgan fingerprint density at radius 2 is 1.33 bits per heavy atom. The highest BCUT2D eigenvalue weighted by atomic mass is 127. The van der Waals surface area contributed by atoms with Gasteiger partial charge in [-0.2, -0.15) is 10.5 Å². The van der Waals surface area contributed by atoms with Crippen LogP contribution in [0.15, 0.2) is 7.16 Å². The Hall–Kier alpha value is 0.880. The number of hydrogen-bond donors (Lipinski definition) is 0. The van der Waals surface area contributed by atoms with Gasteiger partial charge >= 0.3 is 0 Å². The molecule has 0 aliphatic carbocycles. The fourth-order valence-corrected chi connectivity index (χ4v) is 2.91. The van der Waals surface area contributed by atoms with Crippen molar-refractivity contribution in [1.82, 2.24) is 0 Å². The summed E-state index contributed by atoms with van der Waals surface area (Å²) in [6.45, 7) is 0. The van der Waals surface area contributed by atoms with E-state index in [1.54, 1.807) is 0 Å². The van der Waals surface area contributed by atoms with Gasteiger partial charge in [0.15, 0.2) is 0 Å². The predicted molar refractivity (Wildman–Crippen MR) is 71.2 cm³/mol. The number of rotatable bonds is 4. The van der Waals surface area contributed by atoms with Crippen LogP contribution >= 0.6 is 68.7 Å². The van der Waals surface area contributed by atoms with Crippen LogP contribution in [0.4, 0.5) is 0 Å². The molecular weight excluding hydrogens is 418 g/mol. The first-order chi connectivity index (χ1) is 5.72. The van der Waals surface area contributed by atoms with Gasteiger partial charge in [0, 0.05) is 18.7 Å². The van der Waals surface area contributed by atoms with Crippen LogP contribution in [0, 0.1) is 21.3 Å². The number of thiocyanates is 2. The maximum Gasteiger partial charge on any atom is 0.133 e. The molecule has 0 radical (unpaired) electrons. The van der Waals surface area contributed by atoms with Crippen LogP contribution in [0.25, 0.3) is 0 Å². The SMILES string of the molecule is N#CSC/C(I)=C(\I)CSC#N. The lowest BCUT2D eigenvalue weighted by Gasteiger charge is -1.98. The molecule has 0 aliphatic rings. The van der Waals surface area contributed by atoms with Crippen molar-refractivity contribution >= 4 is 68.7 Å². The summed E-state index contributed by atoms with van der Waals surface area (Å²) in [7, 11) is 0. The number of nitrogens with zero attached hydrogens (tertiary/aromatic N) is 2. The maximum absolute atomic E-state index is 8.30. The summed E-state index contributed by atoms with van der Waals surface area (Å²) in [5.41, 5.74) is 0. The Bertz CT molecular complexity index is 225. The minimum absolute atomic E-state index is 0.724. The number of halogens is 2. The van der Waals surface area contributed by atoms with E-state index in [0.29, 0.717) is 0 Å². The fraction of sp³-hybridized carbons (Fsp3) is 0.333. The van der Waals surface area contributed by atoms with Gasteiger partial charge in [-0.1, -0.05) is 0 Å². The van der Waals surface area contributed by atoms with Crippen molar-refractivity contribution in [2.45, 2.75) is 0 Å². The average molecular weight is 422 g/mol. The smallest absolute Gasteiger partial charge is 0.133 e. The zero-order valence-electron chi connectivity index (χ0n) is 5.88. The molecular formula is C6H4I2N2S2. The summed E-state index contributed by atoms with van der Waals surface area (Å²) in [5.74, 6) is 1.45. The number of thioether (sulfide) groups is 2. The zero-order valence-corrected chi connectivity index (χ0v) is 11.8. The molecule has 0 saturated heterocycles. The van der Waals surface area contributed by atoms with Gasteiger partial charge in [-0.15, -0.1) is 0 Å². The normalized spacial score (nSPS) is 11.3. The van der Waals surface area contributed by atoms with Crippen LogP contribution in [0.1, 0.15) is 0 Å². The van der Waals surface area contributed by atoms with Crippen molar-refractivity contribution in [3.8, 4) is 10.8 Å². The van der Waals surface area contributed by atoms with Crippen molar-refractivity contribution in [3.05, 3.63) is 7.16 Å². The minimum atomic E-state index is 0.724. The van der Waals surface area contributed by atoms with Gasteiger partial charge < -0.3 is 0 Å². The summed E-state index contributed by atoms with van der Waals surface area (Å²) < 4.78 is 2.31. The molecule has 0 saturated carbocycles. The summed E-state index contributed by atoms with van der Waals surface area (Å²) in [5, 5.41) is 20.6. The van der Waals surface area contributed by atoms with Crippen molar-refractivity contribution < 1.29 is 0 Å². The largest absolute Gasteiger partial charge is 0.185 e. The van der Waals surface area contributed by atoms with Crippen LogP contribution in [0.5, 0.6) is 0 Å². The predicted octanol–water partition coefficient (Wildman–Crippen LogP) is 3.50. The highest BCUT2D eigenvalue weighted by molar-refractivity contribution is 14.1. The Balaban J connectivity index is 3.92. The molecule has 0 heterocycles. The van der Waals surface area contributed by atoms with Gasteiger partial charge in [-0.25, -0.2) is 0 Å². The molecule has 0 amide bonds. The Morgan fingerprint density at radius 1 is 1.00 bits per heavy atom. The molecule has 0 aromatic carbocycles. The van der Waals surface area contributed by atoms with Crippen LogP contribution in [0.3, 0.4) is 0 Å². The molecule has 12 heavy (non-hydrogen) atoms. The van der Waals surface area contributed by atoms with Gasteiger partial charge in [-0.3, -0.25) is 0 Å². The third kappa shape index (κ3) is 6.40. The molecule has 0 rings (SSSR count). The van der Waals surface area contributed by atoms with Gasteiger partial charge in [-0.05, 0) is 68.7 Å². The van der Waals surface area contributed by atoms with Gasteiger partial charge in [0.1, 0.15) is 10.8 Å². The maximum atomic E-state index is 8.30. The molecule has 0 spiro atoms. The molecule has 2 nitrogen and oxygen atoms in total. The molecule has 6 heteroatoms. The van der Waals surface area contributed by atoms with Crippen molar-refractivity contribution in [1.29, 1.82) is 10.5 Å². The monoisotopic (exact) mass is 422 g/mol. The third-order valence-electron chi connectivity index (χ3n) is 0.821. The quantitative estimate of drug-likeness (QED) is 0.515. The Labute approximate surface area is 107 Å². The lowest BCUT2D eigenvalue weighted by atomic mass is 10.6. The van der Waals surface area contributed by atoms with Gasteiger partial charge in [0.05, 0.1) is 0 Å². The molecule has 0 N–H and O–H groups in total. The van der Waals surface area contributed by atoms with E-state index >= 15 is 0 Å². The standard InChI is InChI=1S/C6H4I2N2S2/c7-5(1-11-3-9)6(8)2-12-4-10/h1-2H2/b6-5+. The van der Waals surface area contributed by atoms with Gasteiger partial charge in [0.25, 0.3) is 0 Å². The van der Waals surface area contributed by atoms with Gasteiger partial charge in [0.2, 0.25) is 0 Å². The van der Waals surface area contributed by atoms with E-state index in [4.69, 9.17) is 10.5 Å². The molecule has 0 aromatic rings. The second-order valence-electron chi connectivity index (χ2n) is 1.57. The summed E-state index contributed by atoms with van der Waals surface area (Å²) in [6.07, 6.45) is 0.